The predicted octanol–water partition coefficient (Wildman–Crippen LogP) is 2.98. The molecule has 2 saturated heterocycles. The summed E-state index contributed by atoms with van der Waals surface area (Å²) < 4.78 is 13.1. The van der Waals surface area contributed by atoms with E-state index in [0.29, 0.717) is 11.9 Å². The lowest BCUT2D eigenvalue weighted by Gasteiger charge is -2.36. The standard InChI is InChI=1S/C20H30FN3O/c1-16(2)24-10-3-5-17(15-24)20(25)23-12-4-11-22(13-14-23)19-8-6-18(21)7-9-19/h6-9,16-17H,3-5,10-15H2,1-2H3/t17-/m1/s1. The van der Waals surface area contributed by atoms with Gasteiger partial charge < -0.3 is 14.7 Å². The van der Waals surface area contributed by atoms with Gasteiger partial charge in [-0.15, -0.1) is 0 Å². The summed E-state index contributed by atoms with van der Waals surface area (Å²) in [6.45, 7) is 9.74. The largest absolute Gasteiger partial charge is 0.370 e. The van der Waals surface area contributed by atoms with Gasteiger partial charge in [-0.05, 0) is 63.9 Å². The lowest BCUT2D eigenvalue weighted by Crippen LogP contribution is -2.47. The quantitative estimate of drug-likeness (QED) is 0.841. The number of likely N-dealkylation sites (tertiary alicyclic amines) is 1. The van der Waals surface area contributed by atoms with Crippen LogP contribution >= 0.6 is 0 Å². The highest BCUT2D eigenvalue weighted by molar-refractivity contribution is 5.79. The SMILES string of the molecule is CC(C)N1CCC[C@@H](C(=O)N2CCCN(c3ccc(F)cc3)CC2)C1. The van der Waals surface area contributed by atoms with E-state index >= 15 is 0 Å². The van der Waals surface area contributed by atoms with E-state index in [1.807, 2.05) is 12.1 Å². The van der Waals surface area contributed by atoms with Crippen LogP contribution in [-0.2, 0) is 4.79 Å². The number of benzene rings is 1. The van der Waals surface area contributed by atoms with Gasteiger partial charge in [-0.2, -0.15) is 0 Å². The second-order valence-corrected chi connectivity index (χ2v) is 7.57. The second kappa shape index (κ2) is 8.17. The van der Waals surface area contributed by atoms with Gasteiger partial charge in [-0.3, -0.25) is 4.79 Å². The van der Waals surface area contributed by atoms with Crippen LogP contribution in [-0.4, -0.2) is 61.0 Å². The topological polar surface area (TPSA) is 26.8 Å². The van der Waals surface area contributed by atoms with E-state index in [4.69, 9.17) is 0 Å². The molecule has 2 fully saturated rings. The van der Waals surface area contributed by atoms with E-state index in [1.165, 1.54) is 12.1 Å². The molecule has 0 radical (unpaired) electrons. The minimum Gasteiger partial charge on any atom is -0.370 e. The van der Waals surface area contributed by atoms with Crippen molar-refractivity contribution >= 4 is 11.6 Å². The molecule has 0 N–H and O–H groups in total. The fraction of sp³-hybridized carbons (Fsp3) is 0.650. The lowest BCUT2D eigenvalue weighted by molar-refractivity contribution is -0.137. The van der Waals surface area contributed by atoms with Crippen molar-refractivity contribution in [2.75, 3.05) is 44.2 Å². The fourth-order valence-corrected chi connectivity index (χ4v) is 3.98. The normalized spacial score (nSPS) is 23.0. The molecule has 2 aliphatic rings. The first-order chi connectivity index (χ1) is 12.0. The molecular weight excluding hydrogens is 317 g/mol. The summed E-state index contributed by atoms with van der Waals surface area (Å²) in [4.78, 5) is 19.7. The number of piperidine rings is 1. The van der Waals surface area contributed by atoms with Crippen LogP contribution in [0.4, 0.5) is 10.1 Å². The summed E-state index contributed by atoms with van der Waals surface area (Å²) in [5.41, 5.74) is 1.04. The van der Waals surface area contributed by atoms with Crippen molar-refractivity contribution in [2.45, 2.75) is 39.2 Å². The van der Waals surface area contributed by atoms with Crippen molar-refractivity contribution in [1.29, 1.82) is 0 Å². The highest BCUT2D eigenvalue weighted by Crippen LogP contribution is 2.22. The summed E-state index contributed by atoms with van der Waals surface area (Å²) in [6, 6.07) is 7.17. The number of hydrogen-bond donors (Lipinski definition) is 0. The maximum Gasteiger partial charge on any atom is 0.227 e. The number of halogens is 1. The summed E-state index contributed by atoms with van der Waals surface area (Å²) in [6.07, 6.45) is 3.09. The van der Waals surface area contributed by atoms with Crippen LogP contribution < -0.4 is 4.90 Å². The van der Waals surface area contributed by atoms with Crippen LogP contribution in [0.25, 0.3) is 0 Å². The smallest absolute Gasteiger partial charge is 0.227 e. The molecule has 1 aromatic rings. The summed E-state index contributed by atoms with van der Waals surface area (Å²) in [7, 11) is 0. The second-order valence-electron chi connectivity index (χ2n) is 7.57. The van der Waals surface area contributed by atoms with Crippen LogP contribution in [0.1, 0.15) is 33.1 Å². The third-order valence-corrected chi connectivity index (χ3v) is 5.53. The van der Waals surface area contributed by atoms with Crippen LogP contribution in [0.15, 0.2) is 24.3 Å². The van der Waals surface area contributed by atoms with Crippen molar-refractivity contribution < 1.29 is 9.18 Å². The molecule has 138 valence electrons. The summed E-state index contributed by atoms with van der Waals surface area (Å²) in [5.74, 6) is 0.266. The molecule has 1 aromatic carbocycles. The molecule has 0 spiro atoms. The third-order valence-electron chi connectivity index (χ3n) is 5.53. The van der Waals surface area contributed by atoms with Crippen molar-refractivity contribution in [2.24, 2.45) is 5.92 Å². The van der Waals surface area contributed by atoms with Crippen LogP contribution in [0.2, 0.25) is 0 Å². The molecule has 3 rings (SSSR count). The first kappa shape index (κ1) is 18.2. The number of nitrogens with zero attached hydrogens (tertiary/aromatic N) is 3. The Morgan fingerprint density at radius 2 is 1.80 bits per heavy atom. The number of carbonyl (C=O) groups excluding carboxylic acids is 1. The highest BCUT2D eigenvalue weighted by Gasteiger charge is 2.30. The summed E-state index contributed by atoms with van der Waals surface area (Å²) >= 11 is 0. The number of amides is 1. The molecule has 1 amide bonds. The molecule has 4 nitrogen and oxygen atoms in total. The lowest BCUT2D eigenvalue weighted by atomic mass is 9.95. The molecule has 0 bridgehead atoms. The Labute approximate surface area is 150 Å². The molecule has 0 unspecified atom stereocenters. The van der Waals surface area contributed by atoms with Crippen molar-refractivity contribution in [1.82, 2.24) is 9.80 Å². The van der Waals surface area contributed by atoms with Gasteiger partial charge in [0.05, 0.1) is 5.92 Å². The van der Waals surface area contributed by atoms with Crippen molar-refractivity contribution in [3.05, 3.63) is 30.1 Å². The van der Waals surface area contributed by atoms with Crippen molar-refractivity contribution in [3.8, 4) is 0 Å². The molecule has 2 heterocycles. The van der Waals surface area contributed by atoms with Gasteiger partial charge in [0.2, 0.25) is 5.91 Å². The Morgan fingerprint density at radius 3 is 2.52 bits per heavy atom. The predicted molar refractivity (Wildman–Crippen MR) is 99.2 cm³/mol. The van der Waals surface area contributed by atoms with E-state index < -0.39 is 0 Å². The van der Waals surface area contributed by atoms with Gasteiger partial charge in [0.1, 0.15) is 5.82 Å². The maximum atomic E-state index is 13.1. The minimum absolute atomic E-state index is 0.147. The van der Waals surface area contributed by atoms with Crippen LogP contribution in [0.5, 0.6) is 0 Å². The van der Waals surface area contributed by atoms with Gasteiger partial charge in [0, 0.05) is 44.5 Å². The first-order valence-corrected chi connectivity index (χ1v) is 9.58. The molecule has 2 aliphatic heterocycles. The van der Waals surface area contributed by atoms with E-state index in [0.717, 1.165) is 64.2 Å². The van der Waals surface area contributed by atoms with E-state index in [2.05, 4.69) is 28.5 Å². The Balaban J connectivity index is 1.58. The molecule has 0 aromatic heterocycles. The van der Waals surface area contributed by atoms with Gasteiger partial charge in [-0.1, -0.05) is 0 Å². The van der Waals surface area contributed by atoms with Gasteiger partial charge in [0.25, 0.3) is 0 Å². The van der Waals surface area contributed by atoms with Gasteiger partial charge in [0.15, 0.2) is 0 Å². The Kier molecular flexibility index (Phi) is 5.94. The monoisotopic (exact) mass is 347 g/mol. The van der Waals surface area contributed by atoms with Gasteiger partial charge >= 0.3 is 0 Å². The highest BCUT2D eigenvalue weighted by atomic mass is 19.1. The van der Waals surface area contributed by atoms with E-state index in [9.17, 15) is 9.18 Å². The fourth-order valence-electron chi connectivity index (χ4n) is 3.98. The minimum atomic E-state index is -0.206. The average molecular weight is 347 g/mol. The maximum absolute atomic E-state index is 13.1. The third kappa shape index (κ3) is 4.51. The van der Waals surface area contributed by atoms with E-state index in [-0.39, 0.29) is 11.7 Å². The Morgan fingerprint density at radius 1 is 1.04 bits per heavy atom. The average Bonchev–Trinajstić information content (AvgIpc) is 2.88. The molecule has 25 heavy (non-hydrogen) atoms. The van der Waals surface area contributed by atoms with Crippen molar-refractivity contribution in [3.63, 3.8) is 0 Å². The zero-order valence-electron chi connectivity index (χ0n) is 15.5. The Bertz CT molecular complexity index is 575. The molecular formula is C20H30FN3O. The summed E-state index contributed by atoms with van der Waals surface area (Å²) in [5, 5.41) is 0. The zero-order valence-corrected chi connectivity index (χ0v) is 15.5. The van der Waals surface area contributed by atoms with Crippen LogP contribution in [0, 0.1) is 11.7 Å². The molecule has 1 atom stereocenters. The van der Waals surface area contributed by atoms with Crippen LogP contribution in [0.3, 0.4) is 0 Å². The molecule has 0 saturated carbocycles. The molecule has 5 heteroatoms. The number of rotatable bonds is 3. The van der Waals surface area contributed by atoms with Gasteiger partial charge in [-0.25, -0.2) is 4.39 Å². The number of carbonyl (C=O) groups is 1. The molecule has 0 aliphatic carbocycles. The Hall–Kier alpha value is -1.62. The number of hydrogen-bond acceptors (Lipinski definition) is 3. The number of anilines is 1. The first-order valence-electron chi connectivity index (χ1n) is 9.58. The zero-order chi connectivity index (χ0) is 17.8. The van der Waals surface area contributed by atoms with E-state index in [1.54, 1.807) is 0 Å².